The maximum Gasteiger partial charge on any atom is 0.228 e. The van der Waals surface area contributed by atoms with Crippen LogP contribution in [-0.2, 0) is 4.79 Å². The number of nitrogens with zero attached hydrogens (tertiary/aromatic N) is 1. The second kappa shape index (κ2) is 4.12. The van der Waals surface area contributed by atoms with E-state index in [-0.39, 0.29) is 11.5 Å². The summed E-state index contributed by atoms with van der Waals surface area (Å²) in [5, 5.41) is 0. The molecule has 2 aliphatic rings. The van der Waals surface area contributed by atoms with E-state index in [2.05, 4.69) is 6.92 Å². The maximum absolute atomic E-state index is 12.3. The van der Waals surface area contributed by atoms with E-state index in [0.717, 1.165) is 51.6 Å². The van der Waals surface area contributed by atoms with Gasteiger partial charge in [-0.1, -0.05) is 13.3 Å². The van der Waals surface area contributed by atoms with Crippen LogP contribution in [0.5, 0.6) is 0 Å². The van der Waals surface area contributed by atoms with Crippen LogP contribution in [0, 0.1) is 5.41 Å². The van der Waals surface area contributed by atoms with Gasteiger partial charge in [0, 0.05) is 24.5 Å². The molecular formula is C12H22N2O. The molecular weight excluding hydrogens is 188 g/mol. The summed E-state index contributed by atoms with van der Waals surface area (Å²) in [6.07, 6.45) is 6.54. The molecule has 2 rings (SSSR count). The van der Waals surface area contributed by atoms with Crippen LogP contribution in [0.15, 0.2) is 0 Å². The van der Waals surface area contributed by atoms with Gasteiger partial charge >= 0.3 is 0 Å². The molecule has 3 nitrogen and oxygen atoms in total. The predicted molar refractivity (Wildman–Crippen MR) is 60.4 cm³/mol. The van der Waals surface area contributed by atoms with Crippen LogP contribution in [0.3, 0.4) is 0 Å². The smallest absolute Gasteiger partial charge is 0.228 e. The highest BCUT2D eigenvalue weighted by molar-refractivity contribution is 5.85. The Hall–Kier alpha value is -0.570. The van der Waals surface area contributed by atoms with Gasteiger partial charge in [-0.25, -0.2) is 0 Å². The van der Waals surface area contributed by atoms with E-state index in [1.807, 2.05) is 4.90 Å². The van der Waals surface area contributed by atoms with Gasteiger partial charge < -0.3 is 10.6 Å². The molecule has 2 N–H and O–H groups in total. The Morgan fingerprint density at radius 1 is 1.53 bits per heavy atom. The van der Waals surface area contributed by atoms with Crippen molar-refractivity contribution in [3.8, 4) is 0 Å². The van der Waals surface area contributed by atoms with Gasteiger partial charge in [0.2, 0.25) is 5.91 Å². The summed E-state index contributed by atoms with van der Waals surface area (Å²) in [5.41, 5.74) is 5.94. The van der Waals surface area contributed by atoms with Crippen LogP contribution < -0.4 is 5.73 Å². The lowest BCUT2D eigenvalue weighted by molar-refractivity contribution is -0.138. The number of rotatable bonds is 3. The Morgan fingerprint density at radius 3 is 2.80 bits per heavy atom. The minimum atomic E-state index is 0.0335. The first-order valence-electron chi connectivity index (χ1n) is 6.23. The van der Waals surface area contributed by atoms with Gasteiger partial charge in [-0.3, -0.25) is 4.79 Å². The lowest BCUT2D eigenvalue weighted by Crippen LogP contribution is -2.48. The molecule has 0 aromatic rings. The van der Waals surface area contributed by atoms with Gasteiger partial charge in [0.05, 0.1) is 0 Å². The number of hydrogen-bond acceptors (Lipinski definition) is 2. The number of nitrogens with two attached hydrogens (primary N) is 1. The van der Waals surface area contributed by atoms with E-state index in [0.29, 0.717) is 5.91 Å². The zero-order valence-corrected chi connectivity index (χ0v) is 9.67. The summed E-state index contributed by atoms with van der Waals surface area (Å²) in [4.78, 5) is 14.3. The van der Waals surface area contributed by atoms with E-state index < -0.39 is 0 Å². The van der Waals surface area contributed by atoms with Crippen LogP contribution in [0.4, 0.5) is 0 Å². The van der Waals surface area contributed by atoms with Crippen molar-refractivity contribution in [3.05, 3.63) is 0 Å². The number of piperidine rings is 1. The summed E-state index contributed by atoms with van der Waals surface area (Å²) >= 11 is 0. The molecule has 1 aliphatic carbocycles. The third-order valence-electron chi connectivity index (χ3n) is 3.78. The van der Waals surface area contributed by atoms with E-state index in [4.69, 9.17) is 5.73 Å². The van der Waals surface area contributed by atoms with Gasteiger partial charge in [0.25, 0.3) is 0 Å². The van der Waals surface area contributed by atoms with Crippen molar-refractivity contribution in [3.63, 3.8) is 0 Å². The second-order valence-electron chi connectivity index (χ2n) is 5.18. The van der Waals surface area contributed by atoms with Crippen molar-refractivity contribution in [1.82, 2.24) is 4.90 Å². The van der Waals surface area contributed by atoms with Crippen molar-refractivity contribution in [2.45, 2.75) is 51.5 Å². The van der Waals surface area contributed by atoms with E-state index >= 15 is 0 Å². The second-order valence-corrected chi connectivity index (χ2v) is 5.18. The minimum absolute atomic E-state index is 0.0335. The highest BCUT2D eigenvalue weighted by Gasteiger charge is 2.50. The third kappa shape index (κ3) is 2.17. The van der Waals surface area contributed by atoms with Crippen LogP contribution in [-0.4, -0.2) is 29.9 Å². The zero-order chi connectivity index (χ0) is 10.9. The first-order chi connectivity index (χ1) is 7.18. The number of hydrogen-bond donors (Lipinski definition) is 1. The SMILES string of the molecule is CCCC1(C(=O)N2CCCC(N)C2)CC1. The highest BCUT2D eigenvalue weighted by Crippen LogP contribution is 2.51. The summed E-state index contributed by atoms with van der Waals surface area (Å²) in [6, 6.07) is 0.208. The molecule has 1 aliphatic heterocycles. The van der Waals surface area contributed by atoms with Crippen LogP contribution in [0.2, 0.25) is 0 Å². The van der Waals surface area contributed by atoms with Crippen LogP contribution >= 0.6 is 0 Å². The van der Waals surface area contributed by atoms with E-state index in [9.17, 15) is 4.79 Å². The zero-order valence-electron chi connectivity index (χ0n) is 9.67. The van der Waals surface area contributed by atoms with Crippen molar-refractivity contribution in [1.29, 1.82) is 0 Å². The predicted octanol–water partition coefficient (Wildman–Crippen LogP) is 1.52. The number of carbonyl (C=O) groups excluding carboxylic acids is 1. The molecule has 2 fully saturated rings. The number of amides is 1. The maximum atomic E-state index is 12.3. The molecule has 86 valence electrons. The molecule has 1 saturated carbocycles. The van der Waals surface area contributed by atoms with Gasteiger partial charge in [-0.15, -0.1) is 0 Å². The van der Waals surface area contributed by atoms with Crippen molar-refractivity contribution in [2.24, 2.45) is 11.1 Å². The Bertz CT molecular complexity index is 248. The highest BCUT2D eigenvalue weighted by atomic mass is 16.2. The topological polar surface area (TPSA) is 46.3 Å². The van der Waals surface area contributed by atoms with Crippen molar-refractivity contribution < 1.29 is 4.79 Å². The molecule has 0 aromatic heterocycles. The van der Waals surface area contributed by atoms with Crippen LogP contribution in [0.25, 0.3) is 0 Å². The third-order valence-corrected chi connectivity index (χ3v) is 3.78. The summed E-state index contributed by atoms with van der Waals surface area (Å²) in [6.45, 7) is 3.87. The fourth-order valence-corrected chi connectivity index (χ4v) is 2.73. The van der Waals surface area contributed by atoms with Gasteiger partial charge in [0.1, 0.15) is 0 Å². The molecule has 15 heavy (non-hydrogen) atoms. The Balaban J connectivity index is 1.95. The number of likely N-dealkylation sites (tertiary alicyclic amines) is 1. The van der Waals surface area contributed by atoms with Gasteiger partial charge in [-0.2, -0.15) is 0 Å². The Morgan fingerprint density at radius 2 is 2.27 bits per heavy atom. The lowest BCUT2D eigenvalue weighted by atomic mass is 9.96. The molecule has 1 heterocycles. The molecule has 0 radical (unpaired) electrons. The molecule has 3 heteroatoms. The Kier molecular flexibility index (Phi) is 3.01. The molecule has 1 atom stereocenters. The fraction of sp³-hybridized carbons (Fsp3) is 0.917. The van der Waals surface area contributed by atoms with Crippen molar-refractivity contribution >= 4 is 5.91 Å². The molecule has 0 aromatic carbocycles. The standard InChI is InChI=1S/C12H22N2O/c1-2-5-12(6-7-12)11(15)14-8-3-4-10(13)9-14/h10H,2-9,13H2,1H3. The normalized spacial score (nSPS) is 28.9. The summed E-state index contributed by atoms with van der Waals surface area (Å²) < 4.78 is 0. The first kappa shape index (κ1) is 10.9. The number of carbonyl (C=O) groups is 1. The summed E-state index contributed by atoms with van der Waals surface area (Å²) in [7, 11) is 0. The largest absolute Gasteiger partial charge is 0.341 e. The lowest BCUT2D eigenvalue weighted by Gasteiger charge is -2.33. The molecule has 1 saturated heterocycles. The van der Waals surface area contributed by atoms with Gasteiger partial charge in [0.15, 0.2) is 0 Å². The van der Waals surface area contributed by atoms with Gasteiger partial charge in [-0.05, 0) is 32.1 Å². The molecule has 0 bridgehead atoms. The monoisotopic (exact) mass is 210 g/mol. The van der Waals surface area contributed by atoms with Crippen molar-refractivity contribution in [2.75, 3.05) is 13.1 Å². The fourth-order valence-electron chi connectivity index (χ4n) is 2.73. The minimum Gasteiger partial charge on any atom is -0.341 e. The molecule has 1 amide bonds. The Labute approximate surface area is 92.0 Å². The molecule has 0 spiro atoms. The quantitative estimate of drug-likeness (QED) is 0.767. The first-order valence-corrected chi connectivity index (χ1v) is 6.23. The average molecular weight is 210 g/mol. The van der Waals surface area contributed by atoms with Crippen LogP contribution in [0.1, 0.15) is 45.4 Å². The van der Waals surface area contributed by atoms with E-state index in [1.165, 1.54) is 0 Å². The van der Waals surface area contributed by atoms with E-state index in [1.54, 1.807) is 0 Å². The molecule has 1 unspecified atom stereocenters. The average Bonchev–Trinajstić information content (AvgIpc) is 2.98. The summed E-state index contributed by atoms with van der Waals surface area (Å²) in [5.74, 6) is 0.388.